The van der Waals surface area contributed by atoms with Gasteiger partial charge in [-0.25, -0.2) is 9.69 Å². The average Bonchev–Trinajstić information content (AvgIpc) is 2.99. The number of hydrogen-bond acceptors (Lipinski definition) is 7. The van der Waals surface area contributed by atoms with E-state index >= 15 is 0 Å². The van der Waals surface area contributed by atoms with Gasteiger partial charge in [-0.1, -0.05) is 36.9 Å². The van der Waals surface area contributed by atoms with Crippen LogP contribution in [-0.4, -0.2) is 52.7 Å². The molecule has 1 aromatic rings. The molecule has 23 heavy (non-hydrogen) atoms. The molecule has 0 aliphatic carbocycles. The minimum absolute atomic E-state index is 0.170. The van der Waals surface area contributed by atoms with Crippen LogP contribution in [0.2, 0.25) is 0 Å². The third-order valence-electron chi connectivity index (χ3n) is 3.40. The number of anilines is 1. The fraction of sp³-hybridized carbons (Fsp3) is 0.714. The Morgan fingerprint density at radius 1 is 1.39 bits per heavy atom. The molecular formula is C14H22N4O3S2. The molecule has 1 atom stereocenters. The topological polar surface area (TPSA) is 75.6 Å². The van der Waals surface area contributed by atoms with Gasteiger partial charge in [0, 0.05) is 25.9 Å². The molecule has 0 spiro atoms. The van der Waals surface area contributed by atoms with Crippen molar-refractivity contribution in [1.29, 1.82) is 0 Å². The van der Waals surface area contributed by atoms with E-state index in [1.54, 1.807) is 4.90 Å². The maximum absolute atomic E-state index is 12.8. The zero-order valence-corrected chi connectivity index (χ0v) is 15.3. The van der Waals surface area contributed by atoms with E-state index in [-0.39, 0.29) is 12.0 Å². The van der Waals surface area contributed by atoms with E-state index in [1.165, 1.54) is 28.0 Å². The number of hydrogen-bond donors (Lipinski definition) is 0. The second-order valence-corrected chi connectivity index (χ2v) is 7.19. The van der Waals surface area contributed by atoms with Crippen molar-refractivity contribution in [3.05, 3.63) is 0 Å². The molecule has 1 aromatic heterocycles. The van der Waals surface area contributed by atoms with Crippen LogP contribution >= 0.6 is 23.1 Å². The van der Waals surface area contributed by atoms with Crippen molar-refractivity contribution < 1.29 is 14.3 Å². The number of carbonyl (C=O) groups is 2. The normalized spacial score (nSPS) is 18.4. The molecule has 0 bridgehead atoms. The maximum atomic E-state index is 12.8. The Balaban J connectivity index is 2.22. The summed E-state index contributed by atoms with van der Waals surface area (Å²) < 4.78 is 6.29. The number of aromatic nitrogens is 2. The van der Waals surface area contributed by atoms with Crippen molar-refractivity contribution in [3.8, 4) is 0 Å². The highest BCUT2D eigenvalue weighted by molar-refractivity contribution is 8.00. The van der Waals surface area contributed by atoms with Gasteiger partial charge in [0.15, 0.2) is 10.6 Å². The Morgan fingerprint density at radius 3 is 2.78 bits per heavy atom. The summed E-state index contributed by atoms with van der Waals surface area (Å²) >= 11 is 2.81. The highest BCUT2D eigenvalue weighted by Crippen LogP contribution is 2.31. The summed E-state index contributed by atoms with van der Waals surface area (Å²) in [7, 11) is 0. The van der Waals surface area contributed by atoms with Gasteiger partial charge >= 0.3 is 12.0 Å². The second-order valence-electron chi connectivity index (χ2n) is 5.18. The van der Waals surface area contributed by atoms with Crippen molar-refractivity contribution in [3.63, 3.8) is 0 Å². The van der Waals surface area contributed by atoms with Crippen molar-refractivity contribution in [1.82, 2.24) is 15.1 Å². The Hall–Kier alpha value is -1.35. The summed E-state index contributed by atoms with van der Waals surface area (Å²) in [6, 6.07) is -0.170. The lowest BCUT2D eigenvalue weighted by atomic mass is 10.2. The zero-order valence-electron chi connectivity index (χ0n) is 13.7. The molecule has 2 rings (SSSR count). The molecule has 1 saturated heterocycles. The van der Waals surface area contributed by atoms with Gasteiger partial charge in [0.1, 0.15) is 0 Å². The van der Waals surface area contributed by atoms with Gasteiger partial charge in [0.25, 0.3) is 0 Å². The number of rotatable bonds is 7. The predicted octanol–water partition coefficient (Wildman–Crippen LogP) is 2.97. The number of urea groups is 1. The van der Waals surface area contributed by atoms with Crippen LogP contribution in [0.15, 0.2) is 4.34 Å². The number of carbonyl (C=O) groups excluding carboxylic acids is 2. The highest BCUT2D eigenvalue weighted by atomic mass is 32.2. The molecule has 0 radical (unpaired) electrons. The fourth-order valence-corrected chi connectivity index (χ4v) is 3.65. The minimum atomic E-state index is -0.600. The lowest BCUT2D eigenvalue weighted by Crippen LogP contribution is -2.56. The van der Waals surface area contributed by atoms with Crippen LogP contribution in [0, 0.1) is 0 Å². The first-order valence-electron chi connectivity index (χ1n) is 7.75. The number of thioether (sulfide) groups is 1. The summed E-state index contributed by atoms with van der Waals surface area (Å²) in [5.74, 6) is -0.283. The van der Waals surface area contributed by atoms with Crippen LogP contribution in [0.3, 0.4) is 0 Å². The monoisotopic (exact) mass is 358 g/mol. The summed E-state index contributed by atoms with van der Waals surface area (Å²) in [6.07, 6.45) is 3.84. The van der Waals surface area contributed by atoms with Gasteiger partial charge in [-0.05, 0) is 19.1 Å². The van der Waals surface area contributed by atoms with Crippen molar-refractivity contribution in [2.75, 3.05) is 24.2 Å². The SMILES string of the molecule is CCCC(=O)OC1CCN(CCC)C(=O)N1c1nnc(SC)s1. The number of nitrogens with zero attached hydrogens (tertiary/aromatic N) is 4. The van der Waals surface area contributed by atoms with E-state index in [2.05, 4.69) is 10.2 Å². The maximum Gasteiger partial charge on any atom is 0.329 e. The standard InChI is InChI=1S/C14H22N4O3S2/c1-4-6-11(19)21-10-7-9-17(8-5-2)14(20)18(10)12-15-16-13(22-3)23-12/h10H,4-9H2,1-3H3. The molecule has 1 unspecified atom stereocenters. The molecular weight excluding hydrogens is 336 g/mol. The largest absolute Gasteiger partial charge is 0.441 e. The van der Waals surface area contributed by atoms with Crippen LogP contribution < -0.4 is 4.90 Å². The number of esters is 1. The van der Waals surface area contributed by atoms with E-state index in [4.69, 9.17) is 4.74 Å². The summed E-state index contributed by atoms with van der Waals surface area (Å²) in [4.78, 5) is 27.9. The molecule has 1 fully saturated rings. The average molecular weight is 358 g/mol. The predicted molar refractivity (Wildman–Crippen MR) is 90.8 cm³/mol. The highest BCUT2D eigenvalue weighted by Gasteiger charge is 2.38. The van der Waals surface area contributed by atoms with Crippen LogP contribution in [0.1, 0.15) is 39.5 Å². The van der Waals surface area contributed by atoms with E-state index in [9.17, 15) is 9.59 Å². The lowest BCUT2D eigenvalue weighted by molar-refractivity contribution is -0.149. The smallest absolute Gasteiger partial charge is 0.329 e. The Kier molecular flexibility index (Phi) is 6.64. The Morgan fingerprint density at radius 2 is 2.17 bits per heavy atom. The zero-order chi connectivity index (χ0) is 16.8. The van der Waals surface area contributed by atoms with Crippen LogP contribution in [-0.2, 0) is 9.53 Å². The number of amides is 2. The van der Waals surface area contributed by atoms with E-state index in [0.29, 0.717) is 31.1 Å². The van der Waals surface area contributed by atoms with Gasteiger partial charge in [0.05, 0.1) is 0 Å². The molecule has 0 N–H and O–H groups in total. The molecule has 1 aliphatic heterocycles. The third kappa shape index (κ3) is 4.35. The molecule has 0 saturated carbocycles. The van der Waals surface area contributed by atoms with Crippen LogP contribution in [0.25, 0.3) is 0 Å². The first-order chi connectivity index (χ1) is 11.1. The van der Waals surface area contributed by atoms with E-state index < -0.39 is 6.23 Å². The molecule has 2 heterocycles. The van der Waals surface area contributed by atoms with Gasteiger partial charge in [-0.3, -0.25) is 4.79 Å². The van der Waals surface area contributed by atoms with E-state index in [1.807, 2.05) is 20.1 Å². The van der Waals surface area contributed by atoms with Gasteiger partial charge in [-0.15, -0.1) is 10.2 Å². The Labute approximate surface area is 144 Å². The first kappa shape index (κ1) is 18.0. The van der Waals surface area contributed by atoms with Gasteiger partial charge in [0.2, 0.25) is 5.13 Å². The number of ether oxygens (including phenoxy) is 1. The molecule has 7 nitrogen and oxygen atoms in total. The molecule has 2 amide bonds. The third-order valence-corrected chi connectivity index (χ3v) is 5.30. The lowest BCUT2D eigenvalue weighted by Gasteiger charge is -2.38. The molecule has 9 heteroatoms. The Bertz CT molecular complexity index is 552. The van der Waals surface area contributed by atoms with Crippen LogP contribution in [0.4, 0.5) is 9.93 Å². The molecule has 0 aromatic carbocycles. The minimum Gasteiger partial charge on any atom is -0.441 e. The second kappa shape index (κ2) is 8.49. The summed E-state index contributed by atoms with van der Waals surface area (Å²) in [5.41, 5.74) is 0. The summed E-state index contributed by atoms with van der Waals surface area (Å²) in [5, 5.41) is 8.62. The van der Waals surface area contributed by atoms with Crippen molar-refractivity contribution >= 4 is 40.2 Å². The molecule has 1 aliphatic rings. The first-order valence-corrected chi connectivity index (χ1v) is 9.79. The quantitative estimate of drug-likeness (QED) is 0.424. The van der Waals surface area contributed by atoms with Crippen molar-refractivity contribution in [2.45, 2.75) is 50.1 Å². The van der Waals surface area contributed by atoms with Crippen LogP contribution in [0.5, 0.6) is 0 Å². The van der Waals surface area contributed by atoms with Crippen molar-refractivity contribution in [2.24, 2.45) is 0 Å². The molecule has 128 valence electrons. The van der Waals surface area contributed by atoms with E-state index in [0.717, 1.165) is 17.2 Å². The van der Waals surface area contributed by atoms with Gasteiger partial charge in [-0.2, -0.15) is 0 Å². The summed E-state index contributed by atoms with van der Waals surface area (Å²) in [6.45, 7) is 5.21. The fourth-order valence-electron chi connectivity index (χ4n) is 2.36. The van der Waals surface area contributed by atoms with Gasteiger partial charge < -0.3 is 9.64 Å².